The Morgan fingerprint density at radius 3 is 2.05 bits per heavy atom. The molecule has 1 amide bonds. The van der Waals surface area contributed by atoms with Gasteiger partial charge in [-0.1, -0.05) is 18.2 Å². The largest absolute Gasteiger partial charge is 0.490 e. The number of hydrogen-bond donors (Lipinski definition) is 2. The molecule has 2 N–H and O–H groups in total. The predicted octanol–water partition coefficient (Wildman–Crippen LogP) is 3.33. The highest BCUT2D eigenvalue weighted by atomic mass is 32.1. The summed E-state index contributed by atoms with van der Waals surface area (Å²) in [5, 5.41) is 17.4. The van der Waals surface area contributed by atoms with Gasteiger partial charge in [-0.3, -0.25) is 14.6 Å². The number of aliphatic carboxylic acids is 2. The lowest BCUT2D eigenvalue weighted by Gasteiger charge is -2.47. The summed E-state index contributed by atoms with van der Waals surface area (Å²) in [6.45, 7) is 4.20. The molecule has 1 aromatic carbocycles. The average Bonchev–Trinajstić information content (AvgIpc) is 3.48. The lowest BCUT2D eigenvalue weighted by Crippen LogP contribution is -2.64. The van der Waals surface area contributed by atoms with E-state index in [1.807, 2.05) is 46.8 Å². The molecule has 0 aliphatic carbocycles. The van der Waals surface area contributed by atoms with E-state index >= 15 is 0 Å². The van der Waals surface area contributed by atoms with Crippen LogP contribution in [-0.4, -0.2) is 94.0 Å². The van der Waals surface area contributed by atoms with Gasteiger partial charge in [0.2, 0.25) is 5.91 Å². The van der Waals surface area contributed by atoms with Gasteiger partial charge in [-0.05, 0) is 25.6 Å². The van der Waals surface area contributed by atoms with Crippen molar-refractivity contribution in [1.29, 1.82) is 0 Å². The molecule has 0 radical (unpaired) electrons. The number of carbonyl (C=O) groups is 3. The van der Waals surface area contributed by atoms with Crippen LogP contribution >= 0.6 is 11.3 Å². The zero-order valence-corrected chi connectivity index (χ0v) is 20.7. The Balaban J connectivity index is 0.000000301. The van der Waals surface area contributed by atoms with Gasteiger partial charge in [0, 0.05) is 36.9 Å². The van der Waals surface area contributed by atoms with E-state index < -0.39 is 24.3 Å². The van der Waals surface area contributed by atoms with Crippen LogP contribution in [0.3, 0.4) is 0 Å². The standard InChI is InChI=1S/C18H22N4OS.2C2HF3O2/c1-20-12-17(23)22(15-5-3-2-4-6-15)14-18(20)7-9-21(13-18)11-16-19-8-10-24-16;2*3-2(4,5)1(6)7/h2-6,8,10H,7,9,11-14H2,1H3;2*(H,6,7). The van der Waals surface area contributed by atoms with Crippen LogP contribution in [0, 0.1) is 0 Å². The Morgan fingerprint density at radius 1 is 1.03 bits per heavy atom. The molecular formula is C22H24F6N4O5S. The fourth-order valence-corrected chi connectivity index (χ4v) is 4.50. The number of benzene rings is 1. The van der Waals surface area contributed by atoms with Gasteiger partial charge in [0.1, 0.15) is 5.01 Å². The number of amides is 1. The minimum absolute atomic E-state index is 0.0427. The van der Waals surface area contributed by atoms with Crippen molar-refractivity contribution in [2.24, 2.45) is 0 Å². The first-order chi connectivity index (χ1) is 17.5. The highest BCUT2D eigenvalue weighted by Crippen LogP contribution is 2.34. The maximum absolute atomic E-state index is 12.5. The second-order valence-corrected chi connectivity index (χ2v) is 9.37. The van der Waals surface area contributed by atoms with Crippen molar-refractivity contribution in [3.05, 3.63) is 46.9 Å². The number of piperazine rings is 1. The lowest BCUT2D eigenvalue weighted by atomic mass is 9.92. The summed E-state index contributed by atoms with van der Waals surface area (Å²) in [4.78, 5) is 41.4. The fourth-order valence-electron chi connectivity index (χ4n) is 3.84. The Morgan fingerprint density at radius 2 is 1.58 bits per heavy atom. The molecule has 210 valence electrons. The monoisotopic (exact) mass is 570 g/mol. The molecule has 2 aliphatic heterocycles. The smallest absolute Gasteiger partial charge is 0.475 e. The number of halogens is 6. The van der Waals surface area contributed by atoms with Crippen LogP contribution in [0.1, 0.15) is 11.4 Å². The molecule has 1 unspecified atom stereocenters. The number of alkyl halides is 6. The molecular weight excluding hydrogens is 546 g/mol. The summed E-state index contributed by atoms with van der Waals surface area (Å²) in [6.07, 6.45) is -7.21. The molecule has 0 bridgehead atoms. The van der Waals surface area contributed by atoms with Crippen LogP contribution in [0.5, 0.6) is 0 Å². The quantitative estimate of drug-likeness (QED) is 0.541. The minimum atomic E-state index is -5.08. The van der Waals surface area contributed by atoms with E-state index in [2.05, 4.69) is 21.8 Å². The highest BCUT2D eigenvalue weighted by molar-refractivity contribution is 7.09. The topological polar surface area (TPSA) is 114 Å². The number of likely N-dealkylation sites (N-methyl/N-ethyl adjacent to an activating group) is 1. The number of carboxylic acid groups (broad SMARTS) is 2. The molecule has 4 rings (SSSR count). The summed E-state index contributed by atoms with van der Waals surface area (Å²) in [5.41, 5.74) is 1.05. The number of anilines is 1. The number of likely N-dealkylation sites (tertiary alicyclic amines) is 1. The molecule has 1 spiro atoms. The molecule has 2 aliphatic rings. The van der Waals surface area contributed by atoms with E-state index in [0.29, 0.717) is 6.54 Å². The van der Waals surface area contributed by atoms with Crippen molar-refractivity contribution in [2.45, 2.75) is 30.9 Å². The number of para-hydroxylation sites is 1. The van der Waals surface area contributed by atoms with Crippen molar-refractivity contribution in [1.82, 2.24) is 14.8 Å². The van der Waals surface area contributed by atoms with Gasteiger partial charge in [0.25, 0.3) is 0 Å². The van der Waals surface area contributed by atoms with Crippen molar-refractivity contribution < 1.29 is 50.9 Å². The van der Waals surface area contributed by atoms with Crippen LogP contribution < -0.4 is 4.90 Å². The molecule has 38 heavy (non-hydrogen) atoms. The maximum Gasteiger partial charge on any atom is 0.490 e. The number of carbonyl (C=O) groups excluding carboxylic acids is 1. The third kappa shape index (κ3) is 8.66. The van der Waals surface area contributed by atoms with E-state index in [9.17, 15) is 31.1 Å². The predicted molar refractivity (Wildman–Crippen MR) is 124 cm³/mol. The van der Waals surface area contributed by atoms with Gasteiger partial charge in [0.15, 0.2) is 0 Å². The van der Waals surface area contributed by atoms with Crippen LogP contribution in [0.2, 0.25) is 0 Å². The summed E-state index contributed by atoms with van der Waals surface area (Å²) in [6, 6.07) is 10.0. The van der Waals surface area contributed by atoms with Crippen molar-refractivity contribution in [2.75, 3.05) is 38.1 Å². The molecule has 3 heterocycles. The molecule has 16 heteroatoms. The van der Waals surface area contributed by atoms with Crippen LogP contribution in [-0.2, 0) is 20.9 Å². The first-order valence-electron chi connectivity index (χ1n) is 10.8. The van der Waals surface area contributed by atoms with E-state index in [1.165, 1.54) is 5.01 Å². The molecule has 2 saturated heterocycles. The normalized spacial score (nSPS) is 20.4. The number of thiazole rings is 1. The lowest BCUT2D eigenvalue weighted by molar-refractivity contribution is -0.193. The molecule has 1 aromatic heterocycles. The number of nitrogens with zero attached hydrogens (tertiary/aromatic N) is 4. The number of rotatable bonds is 3. The van der Waals surface area contributed by atoms with Gasteiger partial charge in [-0.25, -0.2) is 14.6 Å². The number of hydrogen-bond acceptors (Lipinski definition) is 7. The van der Waals surface area contributed by atoms with Crippen LogP contribution in [0.4, 0.5) is 32.0 Å². The minimum Gasteiger partial charge on any atom is -0.475 e. The Labute approximate surface area is 216 Å². The van der Waals surface area contributed by atoms with Gasteiger partial charge >= 0.3 is 24.3 Å². The summed E-state index contributed by atoms with van der Waals surface area (Å²) >= 11 is 1.71. The fraction of sp³-hybridized carbons (Fsp3) is 0.455. The van der Waals surface area contributed by atoms with Crippen molar-refractivity contribution in [3.63, 3.8) is 0 Å². The van der Waals surface area contributed by atoms with E-state index in [-0.39, 0.29) is 11.4 Å². The Bertz CT molecular complexity index is 1060. The van der Waals surface area contributed by atoms with Gasteiger partial charge < -0.3 is 15.1 Å². The summed E-state index contributed by atoms with van der Waals surface area (Å²) < 4.78 is 63.5. The van der Waals surface area contributed by atoms with Gasteiger partial charge in [-0.2, -0.15) is 26.3 Å². The SMILES string of the molecule is CN1CC(=O)N(c2ccccc2)CC12CCN(Cc1nccs1)C2.O=C(O)C(F)(F)F.O=C(O)C(F)(F)F. The van der Waals surface area contributed by atoms with Crippen molar-refractivity contribution in [3.8, 4) is 0 Å². The molecule has 9 nitrogen and oxygen atoms in total. The van der Waals surface area contributed by atoms with E-state index in [1.54, 1.807) is 11.3 Å². The zero-order chi connectivity index (χ0) is 28.7. The molecule has 2 fully saturated rings. The maximum atomic E-state index is 12.5. The summed E-state index contributed by atoms with van der Waals surface area (Å²) in [7, 11) is 2.09. The number of carboxylic acids is 2. The average molecular weight is 571 g/mol. The molecule has 2 aromatic rings. The van der Waals surface area contributed by atoms with Gasteiger partial charge in [0.05, 0.1) is 18.6 Å². The molecule has 1 atom stereocenters. The van der Waals surface area contributed by atoms with Crippen LogP contribution in [0.15, 0.2) is 41.9 Å². The molecule has 0 saturated carbocycles. The van der Waals surface area contributed by atoms with Crippen LogP contribution in [0.25, 0.3) is 0 Å². The number of aromatic nitrogens is 1. The third-order valence-electron chi connectivity index (χ3n) is 5.74. The Hall–Kier alpha value is -3.24. The second kappa shape index (κ2) is 12.5. The van der Waals surface area contributed by atoms with E-state index in [4.69, 9.17) is 19.8 Å². The third-order valence-corrected chi connectivity index (χ3v) is 6.51. The summed E-state index contributed by atoms with van der Waals surface area (Å²) in [5.74, 6) is -5.33. The Kier molecular flexibility index (Phi) is 10.2. The van der Waals surface area contributed by atoms with E-state index in [0.717, 1.165) is 38.3 Å². The second-order valence-electron chi connectivity index (χ2n) is 8.39. The zero-order valence-electron chi connectivity index (χ0n) is 19.9. The highest BCUT2D eigenvalue weighted by Gasteiger charge is 2.47. The first-order valence-corrected chi connectivity index (χ1v) is 11.7. The van der Waals surface area contributed by atoms with Crippen molar-refractivity contribution >= 4 is 34.9 Å². The first kappa shape index (κ1) is 31.0. The van der Waals surface area contributed by atoms with Gasteiger partial charge in [-0.15, -0.1) is 11.3 Å².